The van der Waals surface area contributed by atoms with E-state index in [0.29, 0.717) is 13.0 Å². The number of nitrogens with zero attached hydrogens (tertiary/aromatic N) is 3. The zero-order valence-corrected chi connectivity index (χ0v) is 17.5. The predicted molar refractivity (Wildman–Crippen MR) is 118 cm³/mol. The summed E-state index contributed by atoms with van der Waals surface area (Å²) in [5.41, 5.74) is 4.07. The van der Waals surface area contributed by atoms with Gasteiger partial charge in [-0.2, -0.15) is 0 Å². The molecule has 1 aliphatic rings. The van der Waals surface area contributed by atoms with E-state index < -0.39 is 12.2 Å². The Balaban J connectivity index is 1.36. The standard InChI is InChI=1S/C22H24N4O3S/c1-29-14-6-8-18-17(10-14)23-12-26(18)11-13-5-7-15-20(9-13)30-22(24-15)25-16-3-2-4-19(27)21(16)28/h5-10,12,16,19,21,27-28H,2-4,11H2,1H3,(H,24,25)/t16-,19-,21+/m1/s1. The van der Waals surface area contributed by atoms with Gasteiger partial charge in [0.15, 0.2) is 5.13 Å². The van der Waals surface area contributed by atoms with E-state index in [9.17, 15) is 10.2 Å². The summed E-state index contributed by atoms with van der Waals surface area (Å²) in [4.78, 5) is 9.14. The van der Waals surface area contributed by atoms with Crippen molar-refractivity contribution in [3.05, 3.63) is 48.3 Å². The van der Waals surface area contributed by atoms with Crippen LogP contribution in [0.2, 0.25) is 0 Å². The second-order valence-corrected chi connectivity index (χ2v) is 8.82. The van der Waals surface area contributed by atoms with Gasteiger partial charge in [-0.3, -0.25) is 0 Å². The molecule has 0 spiro atoms. The smallest absolute Gasteiger partial charge is 0.184 e. The van der Waals surface area contributed by atoms with Gasteiger partial charge in [0.05, 0.1) is 52.9 Å². The van der Waals surface area contributed by atoms with Gasteiger partial charge in [0.25, 0.3) is 0 Å². The summed E-state index contributed by atoms with van der Waals surface area (Å²) in [7, 11) is 1.66. The zero-order chi connectivity index (χ0) is 20.7. The molecule has 156 valence electrons. The van der Waals surface area contributed by atoms with Gasteiger partial charge >= 0.3 is 0 Å². The first-order valence-electron chi connectivity index (χ1n) is 10.1. The number of benzene rings is 2. The lowest BCUT2D eigenvalue weighted by Gasteiger charge is -2.32. The molecule has 8 heteroatoms. The summed E-state index contributed by atoms with van der Waals surface area (Å²) in [6, 6.07) is 12.0. The van der Waals surface area contributed by atoms with E-state index in [1.807, 2.05) is 30.6 Å². The van der Waals surface area contributed by atoms with Gasteiger partial charge in [-0.25, -0.2) is 9.97 Å². The van der Waals surface area contributed by atoms with Crippen LogP contribution in [0.4, 0.5) is 5.13 Å². The summed E-state index contributed by atoms with van der Waals surface area (Å²) >= 11 is 1.57. The van der Waals surface area contributed by atoms with E-state index >= 15 is 0 Å². The highest BCUT2D eigenvalue weighted by molar-refractivity contribution is 7.22. The van der Waals surface area contributed by atoms with Gasteiger partial charge in [0, 0.05) is 12.6 Å². The lowest BCUT2D eigenvalue weighted by molar-refractivity contribution is -0.0161. The summed E-state index contributed by atoms with van der Waals surface area (Å²) in [6.07, 6.45) is 2.81. The fourth-order valence-electron chi connectivity index (χ4n) is 4.10. The molecule has 1 fully saturated rings. The molecule has 3 atom stereocenters. The molecule has 4 aromatic rings. The second kappa shape index (κ2) is 7.86. The Kier molecular flexibility index (Phi) is 5.06. The number of thiazole rings is 1. The fraction of sp³-hybridized carbons (Fsp3) is 0.364. The molecule has 7 nitrogen and oxygen atoms in total. The minimum absolute atomic E-state index is 0.164. The molecule has 0 unspecified atom stereocenters. The molecule has 5 rings (SSSR count). The molecule has 30 heavy (non-hydrogen) atoms. The summed E-state index contributed by atoms with van der Waals surface area (Å²) in [5.74, 6) is 0.800. The van der Waals surface area contributed by atoms with Crippen molar-refractivity contribution in [1.29, 1.82) is 0 Å². The maximum absolute atomic E-state index is 10.2. The van der Waals surface area contributed by atoms with Gasteiger partial charge in [-0.15, -0.1) is 0 Å². The van der Waals surface area contributed by atoms with Gasteiger partial charge in [0.2, 0.25) is 0 Å². The fourth-order valence-corrected chi connectivity index (χ4v) is 5.09. The number of nitrogens with one attached hydrogen (secondary N) is 1. The topological polar surface area (TPSA) is 92.4 Å². The van der Waals surface area contributed by atoms with Crippen LogP contribution in [-0.2, 0) is 6.54 Å². The number of aromatic nitrogens is 3. The molecule has 0 aliphatic heterocycles. The first-order valence-corrected chi connectivity index (χ1v) is 10.9. The van der Waals surface area contributed by atoms with Crippen LogP contribution in [0, 0.1) is 0 Å². The molecule has 1 aliphatic carbocycles. The minimum Gasteiger partial charge on any atom is -0.497 e. The number of hydrogen-bond donors (Lipinski definition) is 3. The molecule has 0 bridgehead atoms. The molecular formula is C22H24N4O3S. The van der Waals surface area contributed by atoms with Crippen molar-refractivity contribution in [2.45, 2.75) is 44.1 Å². The highest BCUT2D eigenvalue weighted by Crippen LogP contribution is 2.30. The Morgan fingerprint density at radius 1 is 1.17 bits per heavy atom. The first kappa shape index (κ1) is 19.3. The summed E-state index contributed by atoms with van der Waals surface area (Å²) in [5, 5.41) is 24.2. The molecule has 1 saturated carbocycles. The van der Waals surface area contributed by atoms with Crippen molar-refractivity contribution in [1.82, 2.24) is 14.5 Å². The highest BCUT2D eigenvalue weighted by atomic mass is 32.1. The van der Waals surface area contributed by atoms with E-state index in [1.165, 1.54) is 5.56 Å². The van der Waals surface area contributed by atoms with Crippen molar-refractivity contribution < 1.29 is 14.9 Å². The number of methoxy groups -OCH3 is 1. The van der Waals surface area contributed by atoms with E-state index in [-0.39, 0.29) is 6.04 Å². The molecule has 2 heterocycles. The van der Waals surface area contributed by atoms with Gasteiger partial charge in [-0.1, -0.05) is 17.4 Å². The van der Waals surface area contributed by atoms with Crippen molar-refractivity contribution in [2.24, 2.45) is 0 Å². The number of anilines is 1. The average Bonchev–Trinajstić information content (AvgIpc) is 3.34. The van der Waals surface area contributed by atoms with Crippen molar-refractivity contribution >= 4 is 37.7 Å². The van der Waals surface area contributed by atoms with Crippen LogP contribution in [0.5, 0.6) is 5.75 Å². The number of rotatable bonds is 5. The third-order valence-corrected chi connectivity index (χ3v) is 6.71. The van der Waals surface area contributed by atoms with Crippen molar-refractivity contribution in [3.8, 4) is 5.75 Å². The maximum Gasteiger partial charge on any atom is 0.184 e. The number of aliphatic hydroxyl groups is 2. The zero-order valence-electron chi connectivity index (χ0n) is 16.7. The van der Waals surface area contributed by atoms with Crippen LogP contribution < -0.4 is 10.1 Å². The largest absolute Gasteiger partial charge is 0.497 e. The molecule has 0 radical (unpaired) electrons. The SMILES string of the molecule is COc1ccc2c(c1)ncn2Cc1ccc2nc(N[C@@H]3CCC[C@@H](O)[C@H]3O)sc2c1. The van der Waals surface area contributed by atoms with Crippen LogP contribution in [-0.4, -0.2) is 50.1 Å². The van der Waals surface area contributed by atoms with Crippen molar-refractivity contribution in [3.63, 3.8) is 0 Å². The number of fused-ring (bicyclic) bond motifs is 2. The maximum atomic E-state index is 10.2. The molecule has 2 aromatic heterocycles. The number of hydrogen-bond acceptors (Lipinski definition) is 7. The Morgan fingerprint density at radius 3 is 2.93 bits per heavy atom. The van der Waals surface area contributed by atoms with Crippen LogP contribution in [0.3, 0.4) is 0 Å². The normalized spacial score (nSPS) is 21.9. The summed E-state index contributed by atoms with van der Waals surface area (Å²) in [6.45, 7) is 0.715. The highest BCUT2D eigenvalue weighted by Gasteiger charge is 2.30. The van der Waals surface area contributed by atoms with Crippen LogP contribution in [0.15, 0.2) is 42.7 Å². The lowest BCUT2D eigenvalue weighted by atomic mass is 9.90. The Bertz CT molecular complexity index is 1190. The third-order valence-electron chi connectivity index (χ3n) is 5.76. The van der Waals surface area contributed by atoms with Gasteiger partial charge < -0.3 is 24.8 Å². The van der Waals surface area contributed by atoms with Gasteiger partial charge in [0.1, 0.15) is 5.75 Å². The van der Waals surface area contributed by atoms with Crippen LogP contribution >= 0.6 is 11.3 Å². The number of imidazole rings is 1. The predicted octanol–water partition coefficient (Wildman–Crippen LogP) is 3.39. The second-order valence-electron chi connectivity index (χ2n) is 7.79. The molecule has 0 saturated heterocycles. The number of aliphatic hydroxyl groups excluding tert-OH is 2. The first-order chi connectivity index (χ1) is 14.6. The third kappa shape index (κ3) is 3.62. The minimum atomic E-state index is -0.755. The summed E-state index contributed by atoms with van der Waals surface area (Å²) < 4.78 is 8.49. The van der Waals surface area contributed by atoms with Crippen LogP contribution in [0.25, 0.3) is 21.3 Å². The van der Waals surface area contributed by atoms with Crippen LogP contribution in [0.1, 0.15) is 24.8 Å². The average molecular weight is 425 g/mol. The van der Waals surface area contributed by atoms with E-state index in [0.717, 1.165) is 45.0 Å². The van der Waals surface area contributed by atoms with Crippen molar-refractivity contribution in [2.75, 3.05) is 12.4 Å². The molecular weight excluding hydrogens is 400 g/mol. The quantitative estimate of drug-likeness (QED) is 0.455. The van der Waals surface area contributed by atoms with E-state index in [2.05, 4.69) is 32.0 Å². The lowest BCUT2D eigenvalue weighted by Crippen LogP contribution is -2.45. The number of ether oxygens (including phenoxy) is 1. The molecule has 0 amide bonds. The molecule has 3 N–H and O–H groups in total. The van der Waals surface area contributed by atoms with E-state index in [4.69, 9.17) is 4.74 Å². The Labute approximate surface area is 178 Å². The molecule has 2 aromatic carbocycles. The Morgan fingerprint density at radius 2 is 2.07 bits per heavy atom. The van der Waals surface area contributed by atoms with Gasteiger partial charge in [-0.05, 0) is 49.1 Å². The van der Waals surface area contributed by atoms with E-state index in [1.54, 1.807) is 18.4 Å². The Hall–Kier alpha value is -2.68. The monoisotopic (exact) mass is 424 g/mol.